The predicted molar refractivity (Wildman–Crippen MR) is 93.1 cm³/mol. The highest BCUT2D eigenvalue weighted by Gasteiger charge is 2.24. The number of nitro groups is 1. The fraction of sp³-hybridized carbons (Fsp3) is 0.250. The number of hydrogen-bond donors (Lipinski definition) is 1. The molecule has 1 amide bonds. The Labute approximate surface area is 147 Å². The molecule has 2 rings (SSSR count). The minimum atomic E-state index is -0.706. The van der Waals surface area contributed by atoms with Crippen LogP contribution in [0.25, 0.3) is 10.4 Å². The Kier molecular flexibility index (Phi) is 5.71. The van der Waals surface area contributed by atoms with Gasteiger partial charge in [0.1, 0.15) is 5.00 Å². The molecule has 0 aliphatic carbocycles. The Morgan fingerprint density at radius 2 is 1.92 bits per heavy atom. The zero-order valence-corrected chi connectivity index (χ0v) is 14.6. The van der Waals surface area contributed by atoms with Crippen LogP contribution >= 0.6 is 11.3 Å². The van der Waals surface area contributed by atoms with Gasteiger partial charge in [-0.05, 0) is 37.1 Å². The minimum Gasteiger partial charge on any atom is -0.462 e. The largest absolute Gasteiger partial charge is 0.462 e. The van der Waals surface area contributed by atoms with Crippen molar-refractivity contribution in [1.29, 1.82) is 0 Å². The maximum atomic E-state index is 12.2. The van der Waals surface area contributed by atoms with E-state index < -0.39 is 17.0 Å². The van der Waals surface area contributed by atoms with Gasteiger partial charge in [-0.2, -0.15) is 0 Å². The van der Waals surface area contributed by atoms with E-state index in [0.29, 0.717) is 21.0 Å². The van der Waals surface area contributed by atoms with E-state index in [1.807, 2.05) is 0 Å². The van der Waals surface area contributed by atoms with Gasteiger partial charge in [-0.15, -0.1) is 11.3 Å². The Balaban J connectivity index is 2.51. The number of carbonyl (C=O) groups excluding carboxylic acids is 2. The molecule has 0 aliphatic heterocycles. The van der Waals surface area contributed by atoms with Crippen LogP contribution in [-0.4, -0.2) is 30.7 Å². The first-order chi connectivity index (χ1) is 11.9. The highest BCUT2D eigenvalue weighted by Crippen LogP contribution is 2.40. The van der Waals surface area contributed by atoms with E-state index in [0.717, 1.165) is 0 Å². The van der Waals surface area contributed by atoms with Gasteiger partial charge < -0.3 is 9.47 Å². The first kappa shape index (κ1) is 18.4. The average Bonchev–Trinajstić information content (AvgIpc) is 2.91. The fourth-order valence-corrected chi connectivity index (χ4v) is 3.39. The summed E-state index contributed by atoms with van der Waals surface area (Å²) in [6.07, 6.45) is -0.706. The molecule has 8 nitrogen and oxygen atoms in total. The number of nitro benzene ring substituents is 1. The topological polar surface area (TPSA) is 108 Å². The number of rotatable bonds is 5. The van der Waals surface area contributed by atoms with Crippen LogP contribution in [0.3, 0.4) is 0 Å². The van der Waals surface area contributed by atoms with E-state index in [2.05, 4.69) is 10.1 Å². The number of ether oxygens (including phenoxy) is 2. The van der Waals surface area contributed by atoms with Crippen molar-refractivity contribution < 1.29 is 24.0 Å². The van der Waals surface area contributed by atoms with E-state index in [1.54, 1.807) is 26.0 Å². The summed E-state index contributed by atoms with van der Waals surface area (Å²) in [6, 6.07) is 5.94. The Morgan fingerprint density at radius 1 is 1.28 bits per heavy atom. The lowest BCUT2D eigenvalue weighted by atomic mass is 10.1. The van der Waals surface area contributed by atoms with Crippen LogP contribution < -0.4 is 5.32 Å². The minimum absolute atomic E-state index is 0.0310. The molecule has 1 aromatic carbocycles. The third-order valence-corrected chi connectivity index (χ3v) is 4.62. The molecule has 0 saturated heterocycles. The van der Waals surface area contributed by atoms with E-state index >= 15 is 0 Å². The van der Waals surface area contributed by atoms with E-state index in [9.17, 15) is 19.7 Å². The van der Waals surface area contributed by atoms with Crippen molar-refractivity contribution in [2.24, 2.45) is 0 Å². The van der Waals surface area contributed by atoms with Gasteiger partial charge in [-0.25, -0.2) is 9.59 Å². The molecule has 1 heterocycles. The second-order valence-corrected chi connectivity index (χ2v) is 5.92. The van der Waals surface area contributed by atoms with Crippen molar-refractivity contribution in [3.8, 4) is 10.4 Å². The lowest BCUT2D eigenvalue weighted by Gasteiger charge is -2.06. The first-order valence-corrected chi connectivity index (χ1v) is 8.11. The monoisotopic (exact) mass is 364 g/mol. The van der Waals surface area contributed by atoms with Crippen LogP contribution in [0.1, 0.15) is 22.8 Å². The number of carbonyl (C=O) groups is 2. The summed E-state index contributed by atoms with van der Waals surface area (Å²) in [5.41, 5.74) is 1.52. The van der Waals surface area contributed by atoms with Crippen LogP contribution in [0.2, 0.25) is 0 Å². The molecule has 0 aliphatic rings. The Morgan fingerprint density at radius 3 is 2.44 bits per heavy atom. The van der Waals surface area contributed by atoms with Crippen LogP contribution in [0, 0.1) is 17.0 Å². The second-order valence-electron chi connectivity index (χ2n) is 4.90. The quantitative estimate of drug-likeness (QED) is 0.488. The van der Waals surface area contributed by atoms with Crippen molar-refractivity contribution in [3.63, 3.8) is 0 Å². The molecule has 0 bridgehead atoms. The van der Waals surface area contributed by atoms with Crippen LogP contribution in [0.5, 0.6) is 0 Å². The smallest absolute Gasteiger partial charge is 0.411 e. The third-order valence-electron chi connectivity index (χ3n) is 3.37. The number of methoxy groups -OCH3 is 1. The molecule has 0 saturated carbocycles. The zero-order chi connectivity index (χ0) is 18.6. The lowest BCUT2D eigenvalue weighted by Crippen LogP contribution is -2.14. The number of esters is 1. The number of anilines is 1. The van der Waals surface area contributed by atoms with Gasteiger partial charge >= 0.3 is 12.1 Å². The highest BCUT2D eigenvalue weighted by molar-refractivity contribution is 7.20. The number of benzene rings is 1. The highest BCUT2D eigenvalue weighted by atomic mass is 32.1. The lowest BCUT2D eigenvalue weighted by molar-refractivity contribution is -0.384. The standard InChI is InChI=1S/C16H16N2O6S/c1-4-24-15(19)12-9(2)13(25-14(12)17-16(20)23-3)10-5-7-11(8-6-10)18(21)22/h5-8H,4H2,1-3H3,(H,17,20). The molecule has 132 valence electrons. The molecular weight excluding hydrogens is 348 g/mol. The van der Waals surface area contributed by atoms with Crippen LogP contribution in [0.4, 0.5) is 15.5 Å². The summed E-state index contributed by atoms with van der Waals surface area (Å²) in [7, 11) is 1.22. The van der Waals surface area contributed by atoms with Gasteiger partial charge in [-0.3, -0.25) is 15.4 Å². The molecule has 1 aromatic heterocycles. The molecule has 25 heavy (non-hydrogen) atoms. The summed E-state index contributed by atoms with van der Waals surface area (Å²) in [4.78, 5) is 34.8. The fourth-order valence-electron chi connectivity index (χ4n) is 2.20. The van der Waals surface area contributed by atoms with Gasteiger partial charge in [0.25, 0.3) is 5.69 Å². The summed E-state index contributed by atoms with van der Waals surface area (Å²) < 4.78 is 9.63. The summed E-state index contributed by atoms with van der Waals surface area (Å²) in [6.45, 7) is 3.60. The number of nitrogens with zero attached hydrogens (tertiary/aromatic N) is 1. The van der Waals surface area contributed by atoms with Crippen molar-refractivity contribution in [2.45, 2.75) is 13.8 Å². The maximum absolute atomic E-state index is 12.2. The Bertz CT molecular complexity index is 813. The van der Waals surface area contributed by atoms with E-state index in [-0.39, 0.29) is 17.9 Å². The van der Waals surface area contributed by atoms with Gasteiger partial charge in [0, 0.05) is 17.0 Å². The van der Waals surface area contributed by atoms with Crippen LogP contribution in [0.15, 0.2) is 24.3 Å². The van der Waals surface area contributed by atoms with Gasteiger partial charge in [0.05, 0.1) is 24.2 Å². The van der Waals surface area contributed by atoms with Gasteiger partial charge in [0.15, 0.2) is 0 Å². The second kappa shape index (κ2) is 7.75. The number of hydrogen-bond acceptors (Lipinski definition) is 7. The molecule has 0 atom stereocenters. The number of non-ortho nitro benzene ring substituents is 1. The van der Waals surface area contributed by atoms with Crippen molar-refractivity contribution >= 4 is 34.1 Å². The summed E-state index contributed by atoms with van der Waals surface area (Å²) >= 11 is 1.17. The van der Waals surface area contributed by atoms with Gasteiger partial charge in [-0.1, -0.05) is 0 Å². The van der Waals surface area contributed by atoms with Crippen molar-refractivity contribution in [1.82, 2.24) is 0 Å². The molecule has 9 heteroatoms. The Hall–Kier alpha value is -2.94. The first-order valence-electron chi connectivity index (χ1n) is 7.29. The van der Waals surface area contributed by atoms with Crippen molar-refractivity contribution in [3.05, 3.63) is 45.5 Å². The molecule has 0 radical (unpaired) electrons. The zero-order valence-electron chi connectivity index (χ0n) is 13.8. The molecule has 1 N–H and O–H groups in total. The van der Waals surface area contributed by atoms with Crippen molar-refractivity contribution in [2.75, 3.05) is 19.0 Å². The van der Waals surface area contributed by atoms with E-state index in [4.69, 9.17) is 4.74 Å². The number of nitrogens with one attached hydrogen (secondary N) is 1. The van der Waals surface area contributed by atoms with E-state index in [1.165, 1.54) is 30.6 Å². The number of amides is 1. The predicted octanol–water partition coefficient (Wildman–Crippen LogP) is 3.99. The number of thiophene rings is 1. The van der Waals surface area contributed by atoms with Crippen LogP contribution in [-0.2, 0) is 9.47 Å². The summed E-state index contributed by atoms with van der Waals surface area (Å²) in [5.74, 6) is -0.559. The maximum Gasteiger partial charge on any atom is 0.411 e. The molecule has 2 aromatic rings. The molecule has 0 unspecified atom stereocenters. The average molecular weight is 364 g/mol. The molecule has 0 fully saturated rings. The normalized spacial score (nSPS) is 10.2. The summed E-state index contributed by atoms with van der Waals surface area (Å²) in [5, 5.41) is 13.6. The molecular formula is C16H16N2O6S. The molecule has 0 spiro atoms. The van der Waals surface area contributed by atoms with Gasteiger partial charge in [0.2, 0.25) is 0 Å². The SMILES string of the molecule is CCOC(=O)c1c(NC(=O)OC)sc(-c2ccc([N+](=O)[O-])cc2)c1C. The third kappa shape index (κ3) is 3.94.